The first-order valence-corrected chi connectivity index (χ1v) is 9.65. The zero-order chi connectivity index (χ0) is 19.1. The summed E-state index contributed by atoms with van der Waals surface area (Å²) in [4.78, 5) is 26.0. The Hall–Kier alpha value is -2.73. The second-order valence-corrected chi connectivity index (χ2v) is 6.91. The maximum atomic E-state index is 12.3. The molecule has 0 radical (unpaired) electrons. The van der Waals surface area contributed by atoms with Gasteiger partial charge >= 0.3 is 0 Å². The van der Waals surface area contributed by atoms with Crippen molar-refractivity contribution in [3.63, 3.8) is 0 Å². The highest BCUT2D eigenvalue weighted by Gasteiger charge is 2.34. The number of rotatable bonds is 8. The van der Waals surface area contributed by atoms with Gasteiger partial charge in [0.2, 0.25) is 0 Å². The van der Waals surface area contributed by atoms with Crippen LogP contribution in [0.3, 0.4) is 0 Å². The van der Waals surface area contributed by atoms with Crippen LogP contribution in [0.1, 0.15) is 18.9 Å². The van der Waals surface area contributed by atoms with E-state index in [1.54, 1.807) is 6.08 Å². The Bertz CT molecular complexity index is 835. The monoisotopic (exact) mass is 383 g/mol. The average molecular weight is 383 g/mol. The van der Waals surface area contributed by atoms with Crippen molar-refractivity contribution in [3.05, 3.63) is 65.1 Å². The predicted molar refractivity (Wildman–Crippen MR) is 107 cm³/mol. The molecule has 3 rings (SSSR count). The summed E-state index contributed by atoms with van der Waals surface area (Å²) in [6.07, 6.45) is 2.48. The third-order valence-electron chi connectivity index (χ3n) is 3.84. The number of nitrogens with zero attached hydrogens (tertiary/aromatic N) is 1. The van der Waals surface area contributed by atoms with E-state index in [-0.39, 0.29) is 11.1 Å². The molecule has 1 saturated heterocycles. The van der Waals surface area contributed by atoms with Crippen molar-refractivity contribution in [2.24, 2.45) is 0 Å². The number of carbonyl (C=O) groups is 2. The number of amides is 2. The molecule has 2 aromatic rings. The molecule has 140 valence electrons. The van der Waals surface area contributed by atoms with Crippen molar-refractivity contribution in [2.75, 3.05) is 19.8 Å². The maximum absolute atomic E-state index is 12.3. The summed E-state index contributed by atoms with van der Waals surface area (Å²) in [7, 11) is 0. The molecule has 2 aromatic carbocycles. The normalized spacial score (nSPS) is 15.4. The van der Waals surface area contributed by atoms with Gasteiger partial charge in [0.05, 0.1) is 4.91 Å². The van der Waals surface area contributed by atoms with E-state index in [4.69, 9.17) is 9.47 Å². The smallest absolute Gasteiger partial charge is 0.293 e. The van der Waals surface area contributed by atoms with Gasteiger partial charge in [-0.1, -0.05) is 37.3 Å². The second-order valence-electron chi connectivity index (χ2n) is 5.92. The van der Waals surface area contributed by atoms with Crippen LogP contribution in [0.5, 0.6) is 11.5 Å². The Labute approximate surface area is 163 Å². The van der Waals surface area contributed by atoms with Gasteiger partial charge < -0.3 is 9.47 Å². The Morgan fingerprint density at radius 1 is 0.963 bits per heavy atom. The highest BCUT2D eigenvalue weighted by atomic mass is 32.2. The fourth-order valence-electron chi connectivity index (χ4n) is 2.60. The summed E-state index contributed by atoms with van der Waals surface area (Å²) in [5.74, 6) is 1.26. The Morgan fingerprint density at radius 3 is 2.41 bits per heavy atom. The molecular weight excluding hydrogens is 362 g/mol. The molecule has 1 heterocycles. The van der Waals surface area contributed by atoms with Crippen LogP contribution in [-0.4, -0.2) is 35.8 Å². The van der Waals surface area contributed by atoms with Crippen LogP contribution < -0.4 is 9.47 Å². The number of hydrogen-bond acceptors (Lipinski definition) is 5. The number of para-hydroxylation sites is 1. The van der Waals surface area contributed by atoms with E-state index < -0.39 is 0 Å². The van der Waals surface area contributed by atoms with E-state index >= 15 is 0 Å². The molecule has 0 aliphatic carbocycles. The van der Waals surface area contributed by atoms with E-state index in [0.717, 1.165) is 29.5 Å². The third kappa shape index (κ3) is 5.14. The molecule has 0 N–H and O–H groups in total. The quantitative estimate of drug-likeness (QED) is 0.493. The molecule has 0 saturated carbocycles. The van der Waals surface area contributed by atoms with Gasteiger partial charge in [0.25, 0.3) is 11.1 Å². The van der Waals surface area contributed by atoms with Gasteiger partial charge in [-0.3, -0.25) is 14.5 Å². The van der Waals surface area contributed by atoms with Crippen LogP contribution in [-0.2, 0) is 4.79 Å². The van der Waals surface area contributed by atoms with Crippen LogP contribution in [0.2, 0.25) is 0 Å². The van der Waals surface area contributed by atoms with Crippen LogP contribution >= 0.6 is 11.8 Å². The van der Waals surface area contributed by atoms with Crippen molar-refractivity contribution < 1.29 is 19.1 Å². The van der Waals surface area contributed by atoms with Crippen molar-refractivity contribution in [1.29, 1.82) is 0 Å². The summed E-state index contributed by atoms with van der Waals surface area (Å²) in [6.45, 7) is 3.23. The molecule has 27 heavy (non-hydrogen) atoms. The largest absolute Gasteiger partial charge is 0.490 e. The predicted octanol–water partition coefficient (Wildman–Crippen LogP) is 4.59. The van der Waals surface area contributed by atoms with Crippen molar-refractivity contribution >= 4 is 29.0 Å². The summed E-state index contributed by atoms with van der Waals surface area (Å²) >= 11 is 0.979. The van der Waals surface area contributed by atoms with Crippen LogP contribution in [0.15, 0.2) is 59.5 Å². The van der Waals surface area contributed by atoms with Crippen LogP contribution in [0.25, 0.3) is 6.08 Å². The number of thioether (sulfide) groups is 1. The molecule has 0 unspecified atom stereocenters. The van der Waals surface area contributed by atoms with Gasteiger partial charge in [0.1, 0.15) is 24.7 Å². The zero-order valence-electron chi connectivity index (χ0n) is 15.1. The molecule has 0 atom stereocenters. The van der Waals surface area contributed by atoms with Crippen LogP contribution in [0, 0.1) is 0 Å². The summed E-state index contributed by atoms with van der Waals surface area (Å²) < 4.78 is 11.3. The third-order valence-corrected chi connectivity index (χ3v) is 4.75. The first-order valence-electron chi connectivity index (χ1n) is 8.83. The molecule has 2 amide bonds. The lowest BCUT2D eigenvalue weighted by atomic mass is 10.2. The van der Waals surface area contributed by atoms with Crippen molar-refractivity contribution in [3.8, 4) is 11.5 Å². The summed E-state index contributed by atoms with van der Waals surface area (Å²) in [6, 6.07) is 17.0. The molecule has 1 aliphatic rings. The van der Waals surface area contributed by atoms with Gasteiger partial charge in [0, 0.05) is 6.54 Å². The molecule has 0 bridgehead atoms. The summed E-state index contributed by atoms with van der Waals surface area (Å²) in [5, 5.41) is -0.210. The molecule has 1 fully saturated rings. The molecule has 6 heteroatoms. The molecular formula is C21H21NO4S. The van der Waals surface area contributed by atoms with Crippen molar-refractivity contribution in [2.45, 2.75) is 13.3 Å². The molecule has 0 spiro atoms. The fraction of sp³-hybridized carbons (Fsp3) is 0.238. The fourth-order valence-corrected chi connectivity index (χ4v) is 3.46. The average Bonchev–Trinajstić information content (AvgIpc) is 2.94. The highest BCUT2D eigenvalue weighted by Crippen LogP contribution is 2.32. The minimum absolute atomic E-state index is 0.210. The van der Waals surface area contributed by atoms with Gasteiger partial charge in [0.15, 0.2) is 0 Å². The van der Waals surface area contributed by atoms with Crippen LogP contribution in [0.4, 0.5) is 4.79 Å². The van der Waals surface area contributed by atoms with E-state index in [1.807, 2.05) is 61.5 Å². The number of carbonyl (C=O) groups excluding carboxylic acids is 2. The Morgan fingerprint density at radius 2 is 1.67 bits per heavy atom. The molecule has 1 aliphatic heterocycles. The lowest BCUT2D eigenvalue weighted by Crippen LogP contribution is -2.28. The zero-order valence-corrected chi connectivity index (χ0v) is 15.9. The van der Waals surface area contributed by atoms with Gasteiger partial charge in [-0.15, -0.1) is 0 Å². The van der Waals surface area contributed by atoms with Gasteiger partial charge in [-0.25, -0.2) is 0 Å². The first kappa shape index (κ1) is 19.0. The topological polar surface area (TPSA) is 55.8 Å². The van der Waals surface area contributed by atoms with E-state index in [0.29, 0.717) is 30.4 Å². The number of ether oxygens (including phenoxy) is 2. The first-order chi connectivity index (χ1) is 13.2. The standard InChI is InChI=1S/C21H21NO4S/c1-2-11-22-20(23)19(27-21(22)24)15-16-7-6-10-18(14-16)26-13-12-25-17-8-4-3-5-9-17/h3-10,14-15H,2,11-13H2,1H3/b19-15+. The van der Waals surface area contributed by atoms with E-state index in [2.05, 4.69) is 0 Å². The minimum atomic E-state index is -0.227. The molecule has 5 nitrogen and oxygen atoms in total. The van der Waals surface area contributed by atoms with E-state index in [9.17, 15) is 9.59 Å². The summed E-state index contributed by atoms with van der Waals surface area (Å²) in [5.41, 5.74) is 0.818. The van der Waals surface area contributed by atoms with E-state index in [1.165, 1.54) is 4.90 Å². The maximum Gasteiger partial charge on any atom is 0.293 e. The number of imide groups is 1. The SMILES string of the molecule is CCCN1C(=O)S/C(=C/c2cccc(OCCOc3ccccc3)c2)C1=O. The van der Waals surface area contributed by atoms with Gasteiger partial charge in [-0.2, -0.15) is 0 Å². The van der Waals surface area contributed by atoms with Crippen molar-refractivity contribution in [1.82, 2.24) is 4.90 Å². The number of benzene rings is 2. The highest BCUT2D eigenvalue weighted by molar-refractivity contribution is 8.18. The minimum Gasteiger partial charge on any atom is -0.490 e. The Balaban J connectivity index is 1.57. The molecule has 0 aromatic heterocycles. The number of hydrogen-bond donors (Lipinski definition) is 0. The lowest BCUT2D eigenvalue weighted by Gasteiger charge is -2.10. The Kier molecular flexibility index (Phi) is 6.54. The van der Waals surface area contributed by atoms with Gasteiger partial charge in [-0.05, 0) is 54.1 Å². The second kappa shape index (κ2) is 9.28. The lowest BCUT2D eigenvalue weighted by molar-refractivity contribution is -0.122.